The molecule has 0 heterocycles. The summed E-state index contributed by atoms with van der Waals surface area (Å²) in [6, 6.07) is 0. The standard InChI is InChI=1S/C7H8BrIO/c8-7(9)5-3-1-2-4-6(5)10/h1-4H2/b7-5+. The molecule has 0 aromatic rings. The van der Waals surface area contributed by atoms with E-state index >= 15 is 0 Å². The van der Waals surface area contributed by atoms with Crippen LogP contribution >= 0.6 is 38.5 Å². The van der Waals surface area contributed by atoms with Crippen molar-refractivity contribution in [2.75, 3.05) is 0 Å². The minimum Gasteiger partial charge on any atom is -0.294 e. The summed E-state index contributed by atoms with van der Waals surface area (Å²) in [7, 11) is 0. The van der Waals surface area contributed by atoms with Crippen LogP contribution in [0.15, 0.2) is 8.06 Å². The van der Waals surface area contributed by atoms with Crippen LogP contribution in [0.2, 0.25) is 0 Å². The fourth-order valence-electron chi connectivity index (χ4n) is 1.08. The summed E-state index contributed by atoms with van der Waals surface area (Å²) >= 11 is 5.47. The zero-order valence-corrected chi connectivity index (χ0v) is 9.24. The molecule has 0 aromatic carbocycles. The van der Waals surface area contributed by atoms with Gasteiger partial charge in [0.1, 0.15) is 0 Å². The number of hydrogen-bond acceptors (Lipinski definition) is 1. The first-order chi connectivity index (χ1) is 4.72. The number of halogens is 2. The largest absolute Gasteiger partial charge is 0.294 e. The van der Waals surface area contributed by atoms with Gasteiger partial charge in [0.05, 0.1) is 2.49 Å². The molecule has 0 amide bonds. The monoisotopic (exact) mass is 314 g/mol. The van der Waals surface area contributed by atoms with Crippen molar-refractivity contribution in [1.29, 1.82) is 0 Å². The highest BCUT2D eigenvalue weighted by Crippen LogP contribution is 2.29. The van der Waals surface area contributed by atoms with Gasteiger partial charge in [-0.15, -0.1) is 0 Å². The predicted molar refractivity (Wildman–Crippen MR) is 53.4 cm³/mol. The van der Waals surface area contributed by atoms with E-state index in [1.807, 2.05) is 0 Å². The summed E-state index contributed by atoms with van der Waals surface area (Å²) in [6.45, 7) is 0. The van der Waals surface area contributed by atoms with E-state index in [-0.39, 0.29) is 0 Å². The van der Waals surface area contributed by atoms with Crippen molar-refractivity contribution in [3.05, 3.63) is 8.06 Å². The SMILES string of the molecule is O=C1CCCC/C1=C(/Br)I. The highest BCUT2D eigenvalue weighted by molar-refractivity contribution is 14.1. The maximum Gasteiger partial charge on any atom is 0.160 e. The predicted octanol–water partition coefficient (Wildman–Crippen LogP) is 3.17. The summed E-state index contributed by atoms with van der Waals surface area (Å²) in [6.07, 6.45) is 3.94. The Hall–Kier alpha value is 0.620. The maximum absolute atomic E-state index is 11.1. The maximum atomic E-state index is 11.1. The first-order valence-electron chi connectivity index (χ1n) is 3.29. The summed E-state index contributed by atoms with van der Waals surface area (Å²) in [5.74, 6) is 0.326. The number of Topliss-reactive ketones (excluding diaryl/α,β-unsaturated/α-hetero) is 1. The quantitative estimate of drug-likeness (QED) is 0.496. The van der Waals surface area contributed by atoms with Crippen molar-refractivity contribution in [3.8, 4) is 0 Å². The fraction of sp³-hybridized carbons (Fsp3) is 0.571. The second-order valence-electron chi connectivity index (χ2n) is 2.37. The van der Waals surface area contributed by atoms with E-state index in [0.29, 0.717) is 5.78 Å². The molecule has 10 heavy (non-hydrogen) atoms. The Balaban J connectivity index is 2.75. The molecule has 1 rings (SSSR count). The number of rotatable bonds is 0. The van der Waals surface area contributed by atoms with E-state index in [9.17, 15) is 4.79 Å². The van der Waals surface area contributed by atoms with Gasteiger partial charge in [-0.2, -0.15) is 0 Å². The fourth-order valence-corrected chi connectivity index (χ4v) is 2.07. The van der Waals surface area contributed by atoms with Gasteiger partial charge >= 0.3 is 0 Å². The Labute approximate surface area is 82.5 Å². The minimum atomic E-state index is 0.326. The van der Waals surface area contributed by atoms with Gasteiger partial charge in [-0.3, -0.25) is 4.79 Å². The number of ketones is 1. The molecule has 3 heteroatoms. The molecule has 0 spiro atoms. The summed E-state index contributed by atoms with van der Waals surface area (Å²) in [5, 5.41) is 0. The molecule has 0 saturated heterocycles. The minimum absolute atomic E-state index is 0.326. The zero-order valence-electron chi connectivity index (χ0n) is 5.49. The molecule has 1 fully saturated rings. The smallest absolute Gasteiger partial charge is 0.160 e. The molecule has 0 N–H and O–H groups in total. The van der Waals surface area contributed by atoms with Crippen LogP contribution in [0.4, 0.5) is 0 Å². The van der Waals surface area contributed by atoms with Crippen LogP contribution in [-0.4, -0.2) is 5.78 Å². The molecule has 0 bridgehead atoms. The molecular weight excluding hydrogens is 307 g/mol. The summed E-state index contributed by atoms with van der Waals surface area (Å²) < 4.78 is 0.995. The van der Waals surface area contributed by atoms with E-state index in [4.69, 9.17) is 0 Å². The Morgan fingerprint density at radius 1 is 1.40 bits per heavy atom. The van der Waals surface area contributed by atoms with E-state index in [2.05, 4.69) is 38.5 Å². The highest BCUT2D eigenvalue weighted by Gasteiger charge is 2.16. The topological polar surface area (TPSA) is 17.1 Å². The molecule has 0 radical (unpaired) electrons. The number of hydrogen-bond donors (Lipinski definition) is 0. The first-order valence-corrected chi connectivity index (χ1v) is 5.16. The Morgan fingerprint density at radius 2 is 2.00 bits per heavy atom. The number of carbonyl (C=O) groups excluding carboxylic acids is 1. The summed E-state index contributed by atoms with van der Waals surface area (Å²) in [5.41, 5.74) is 0.992. The average Bonchev–Trinajstić information content (AvgIpc) is 1.88. The Bertz CT molecular complexity index is 182. The lowest BCUT2D eigenvalue weighted by Gasteiger charge is -2.11. The highest BCUT2D eigenvalue weighted by atomic mass is 127. The van der Waals surface area contributed by atoms with Gasteiger partial charge in [0.25, 0.3) is 0 Å². The van der Waals surface area contributed by atoms with Crippen LogP contribution in [0.5, 0.6) is 0 Å². The Morgan fingerprint density at radius 3 is 2.40 bits per heavy atom. The molecule has 1 aliphatic carbocycles. The van der Waals surface area contributed by atoms with Gasteiger partial charge in [0.2, 0.25) is 0 Å². The van der Waals surface area contributed by atoms with Crippen LogP contribution < -0.4 is 0 Å². The van der Waals surface area contributed by atoms with E-state index in [1.54, 1.807) is 0 Å². The second kappa shape index (κ2) is 3.85. The summed E-state index contributed by atoms with van der Waals surface area (Å²) in [4.78, 5) is 11.1. The van der Waals surface area contributed by atoms with E-state index in [0.717, 1.165) is 27.3 Å². The van der Waals surface area contributed by atoms with Crippen LogP contribution in [0.1, 0.15) is 25.7 Å². The van der Waals surface area contributed by atoms with Gasteiger partial charge in [-0.1, -0.05) is 0 Å². The lowest BCUT2D eigenvalue weighted by atomic mass is 9.95. The third-order valence-electron chi connectivity index (χ3n) is 1.65. The molecular formula is C7H8BrIO. The van der Waals surface area contributed by atoms with Gasteiger partial charge in [0, 0.05) is 12.0 Å². The number of carbonyl (C=O) groups is 1. The van der Waals surface area contributed by atoms with Crippen LogP contribution in [-0.2, 0) is 4.79 Å². The second-order valence-corrected chi connectivity index (χ2v) is 5.72. The molecule has 0 aromatic heterocycles. The Kier molecular flexibility index (Phi) is 3.36. The van der Waals surface area contributed by atoms with E-state index < -0.39 is 0 Å². The average molecular weight is 315 g/mol. The van der Waals surface area contributed by atoms with Crippen molar-refractivity contribution in [2.24, 2.45) is 0 Å². The van der Waals surface area contributed by atoms with Crippen LogP contribution in [0.25, 0.3) is 0 Å². The van der Waals surface area contributed by atoms with Crippen molar-refractivity contribution < 1.29 is 4.79 Å². The normalized spacial score (nSPS) is 24.8. The van der Waals surface area contributed by atoms with Crippen LogP contribution in [0.3, 0.4) is 0 Å². The van der Waals surface area contributed by atoms with Crippen molar-refractivity contribution in [2.45, 2.75) is 25.7 Å². The third kappa shape index (κ3) is 2.05. The van der Waals surface area contributed by atoms with Crippen molar-refractivity contribution in [3.63, 3.8) is 0 Å². The third-order valence-corrected chi connectivity index (χ3v) is 2.78. The zero-order chi connectivity index (χ0) is 7.56. The van der Waals surface area contributed by atoms with Gasteiger partial charge in [0.15, 0.2) is 5.78 Å². The lowest BCUT2D eigenvalue weighted by molar-refractivity contribution is -0.116. The molecule has 0 aliphatic heterocycles. The van der Waals surface area contributed by atoms with Gasteiger partial charge in [-0.05, 0) is 57.8 Å². The molecule has 0 atom stereocenters. The first kappa shape index (κ1) is 8.71. The van der Waals surface area contributed by atoms with Crippen molar-refractivity contribution in [1.82, 2.24) is 0 Å². The van der Waals surface area contributed by atoms with E-state index in [1.165, 1.54) is 6.42 Å². The van der Waals surface area contributed by atoms with Crippen molar-refractivity contribution >= 4 is 44.3 Å². The van der Waals surface area contributed by atoms with Gasteiger partial charge in [-0.25, -0.2) is 0 Å². The number of allylic oxidation sites excluding steroid dienone is 1. The van der Waals surface area contributed by atoms with Gasteiger partial charge < -0.3 is 0 Å². The molecule has 1 aliphatic rings. The van der Waals surface area contributed by atoms with Crippen LogP contribution in [0, 0.1) is 0 Å². The molecule has 1 saturated carbocycles. The molecule has 1 nitrogen and oxygen atoms in total. The molecule has 56 valence electrons. The lowest BCUT2D eigenvalue weighted by Crippen LogP contribution is -2.08. The molecule has 0 unspecified atom stereocenters.